The van der Waals surface area contributed by atoms with E-state index in [-0.39, 0.29) is 30.4 Å². The normalized spacial score (nSPS) is 15.1. The van der Waals surface area contributed by atoms with Gasteiger partial charge in [-0.1, -0.05) is 0 Å². The summed E-state index contributed by atoms with van der Waals surface area (Å²) >= 11 is 0. The maximum absolute atomic E-state index is 11.8. The lowest BCUT2D eigenvalue weighted by Gasteiger charge is -2.38. The van der Waals surface area contributed by atoms with Crippen LogP contribution in [0.4, 0.5) is 0 Å². The molecule has 3 N–H and O–H groups in total. The summed E-state index contributed by atoms with van der Waals surface area (Å²) in [7, 11) is 0. The SMILES string of the molecule is O=C(O)CC1CN(C(=O)Cc2cc(=O)[nH]c(=O)[nH]2)C1. The summed E-state index contributed by atoms with van der Waals surface area (Å²) in [4.78, 5) is 50.2. The topological polar surface area (TPSA) is 123 Å². The van der Waals surface area contributed by atoms with Crippen LogP contribution in [0.2, 0.25) is 0 Å². The van der Waals surface area contributed by atoms with Gasteiger partial charge in [0.05, 0.1) is 12.8 Å². The van der Waals surface area contributed by atoms with Gasteiger partial charge in [-0.3, -0.25) is 19.4 Å². The number of hydrogen-bond donors (Lipinski definition) is 3. The second-order valence-electron chi connectivity index (χ2n) is 4.55. The molecule has 1 saturated heterocycles. The molecule has 2 heterocycles. The van der Waals surface area contributed by atoms with Crippen molar-refractivity contribution in [2.24, 2.45) is 5.92 Å². The number of aromatic nitrogens is 2. The van der Waals surface area contributed by atoms with Crippen LogP contribution in [0.3, 0.4) is 0 Å². The van der Waals surface area contributed by atoms with Gasteiger partial charge in [-0.2, -0.15) is 0 Å². The third-order valence-electron chi connectivity index (χ3n) is 2.93. The maximum Gasteiger partial charge on any atom is 0.325 e. The summed E-state index contributed by atoms with van der Waals surface area (Å²) in [5, 5.41) is 8.59. The first-order chi connectivity index (χ1) is 8.94. The second-order valence-corrected chi connectivity index (χ2v) is 4.55. The highest BCUT2D eigenvalue weighted by Gasteiger charge is 2.31. The molecule has 8 nitrogen and oxygen atoms in total. The lowest BCUT2D eigenvalue weighted by molar-refractivity contribution is -0.144. The fourth-order valence-electron chi connectivity index (χ4n) is 2.04. The summed E-state index contributed by atoms with van der Waals surface area (Å²) in [6.07, 6.45) is -0.0232. The summed E-state index contributed by atoms with van der Waals surface area (Å²) < 4.78 is 0. The standard InChI is InChI=1S/C11H13N3O5/c15-8-2-7(12-11(19)13-8)3-9(16)14-4-6(5-14)1-10(17)18/h2,6H,1,3-5H2,(H,17,18)(H2,12,13,15,19). The lowest BCUT2D eigenvalue weighted by atomic mass is 9.96. The smallest absolute Gasteiger partial charge is 0.325 e. The summed E-state index contributed by atoms with van der Waals surface area (Å²) in [6, 6.07) is 1.16. The molecule has 0 atom stereocenters. The van der Waals surface area contributed by atoms with E-state index in [2.05, 4.69) is 4.98 Å². The molecule has 0 aromatic carbocycles. The Morgan fingerprint density at radius 2 is 2.00 bits per heavy atom. The molecule has 1 amide bonds. The van der Waals surface area contributed by atoms with Crippen molar-refractivity contribution >= 4 is 11.9 Å². The molecular weight excluding hydrogens is 254 g/mol. The molecule has 0 spiro atoms. The van der Waals surface area contributed by atoms with Gasteiger partial charge in [-0.15, -0.1) is 0 Å². The number of carboxylic acids is 1. The highest BCUT2D eigenvalue weighted by atomic mass is 16.4. The highest BCUT2D eigenvalue weighted by Crippen LogP contribution is 2.19. The van der Waals surface area contributed by atoms with Crippen LogP contribution in [0.25, 0.3) is 0 Å². The fourth-order valence-corrected chi connectivity index (χ4v) is 2.04. The van der Waals surface area contributed by atoms with Crippen LogP contribution < -0.4 is 11.2 Å². The molecule has 102 valence electrons. The molecule has 1 aromatic rings. The Morgan fingerprint density at radius 3 is 2.58 bits per heavy atom. The molecule has 0 saturated carbocycles. The Labute approximate surface area is 107 Å². The van der Waals surface area contributed by atoms with Gasteiger partial charge in [0.25, 0.3) is 5.56 Å². The average molecular weight is 267 g/mol. The highest BCUT2D eigenvalue weighted by molar-refractivity contribution is 5.79. The van der Waals surface area contributed by atoms with E-state index < -0.39 is 17.2 Å². The van der Waals surface area contributed by atoms with E-state index in [0.29, 0.717) is 13.1 Å². The second kappa shape index (κ2) is 5.09. The van der Waals surface area contributed by atoms with Crippen LogP contribution in [0.1, 0.15) is 12.1 Å². The Morgan fingerprint density at radius 1 is 1.32 bits per heavy atom. The molecular formula is C11H13N3O5. The Kier molecular flexibility index (Phi) is 3.50. The zero-order valence-corrected chi connectivity index (χ0v) is 10.0. The number of amides is 1. The van der Waals surface area contributed by atoms with E-state index in [4.69, 9.17) is 5.11 Å². The molecule has 2 rings (SSSR count). The minimum absolute atomic E-state index is 0.0142. The number of aliphatic carboxylic acids is 1. The molecule has 1 aliphatic rings. The average Bonchev–Trinajstić information content (AvgIpc) is 2.20. The zero-order chi connectivity index (χ0) is 14.0. The number of carbonyl (C=O) groups excluding carboxylic acids is 1. The van der Waals surface area contributed by atoms with Crippen molar-refractivity contribution in [3.63, 3.8) is 0 Å². The Bertz CT molecular complexity index is 583. The molecule has 0 bridgehead atoms. The van der Waals surface area contributed by atoms with Crippen molar-refractivity contribution in [2.45, 2.75) is 12.8 Å². The molecule has 0 unspecified atom stereocenters. The molecule has 1 aliphatic heterocycles. The van der Waals surface area contributed by atoms with Crippen molar-refractivity contribution in [1.29, 1.82) is 0 Å². The van der Waals surface area contributed by atoms with Gasteiger partial charge in [-0.05, 0) is 0 Å². The van der Waals surface area contributed by atoms with E-state index in [9.17, 15) is 19.2 Å². The minimum atomic E-state index is -0.879. The number of aromatic amines is 2. The summed E-state index contributed by atoms with van der Waals surface area (Å²) in [5.41, 5.74) is -0.956. The predicted octanol–water partition coefficient (Wildman–Crippen LogP) is -1.46. The molecule has 1 aromatic heterocycles. The van der Waals surface area contributed by atoms with E-state index in [1.165, 1.54) is 4.90 Å². The summed E-state index contributed by atoms with van der Waals surface area (Å²) in [5.74, 6) is -1.13. The molecule has 0 radical (unpaired) electrons. The largest absolute Gasteiger partial charge is 0.481 e. The number of hydrogen-bond acceptors (Lipinski definition) is 4. The predicted molar refractivity (Wildman–Crippen MR) is 63.7 cm³/mol. The first-order valence-corrected chi connectivity index (χ1v) is 5.76. The fraction of sp³-hybridized carbons (Fsp3) is 0.455. The Balaban J connectivity index is 1.91. The van der Waals surface area contributed by atoms with Crippen molar-refractivity contribution in [1.82, 2.24) is 14.9 Å². The van der Waals surface area contributed by atoms with E-state index in [1.807, 2.05) is 4.98 Å². The van der Waals surface area contributed by atoms with Gasteiger partial charge in [0.15, 0.2) is 0 Å². The maximum atomic E-state index is 11.8. The van der Waals surface area contributed by atoms with E-state index in [1.54, 1.807) is 0 Å². The molecule has 1 fully saturated rings. The van der Waals surface area contributed by atoms with Crippen LogP contribution >= 0.6 is 0 Å². The van der Waals surface area contributed by atoms with Crippen molar-refractivity contribution < 1.29 is 14.7 Å². The van der Waals surface area contributed by atoms with Crippen LogP contribution in [-0.4, -0.2) is 44.9 Å². The van der Waals surface area contributed by atoms with E-state index >= 15 is 0 Å². The van der Waals surface area contributed by atoms with Crippen molar-refractivity contribution in [3.05, 3.63) is 32.6 Å². The van der Waals surface area contributed by atoms with Gasteiger partial charge in [-0.25, -0.2) is 4.79 Å². The number of nitrogens with one attached hydrogen (secondary N) is 2. The number of likely N-dealkylation sites (tertiary alicyclic amines) is 1. The van der Waals surface area contributed by atoms with Gasteiger partial charge in [0.1, 0.15) is 0 Å². The third-order valence-corrected chi connectivity index (χ3v) is 2.93. The van der Waals surface area contributed by atoms with Gasteiger partial charge in [0, 0.05) is 30.8 Å². The monoisotopic (exact) mass is 267 g/mol. The van der Waals surface area contributed by atoms with Crippen LogP contribution in [0.15, 0.2) is 15.7 Å². The van der Waals surface area contributed by atoms with E-state index in [0.717, 1.165) is 6.07 Å². The molecule has 0 aliphatic carbocycles. The number of carbonyl (C=O) groups is 2. The minimum Gasteiger partial charge on any atom is -0.481 e. The molecule has 8 heteroatoms. The third kappa shape index (κ3) is 3.30. The number of nitrogens with zero attached hydrogens (tertiary/aromatic N) is 1. The van der Waals surface area contributed by atoms with Gasteiger partial charge >= 0.3 is 11.7 Å². The number of carboxylic acid groups (broad SMARTS) is 1. The van der Waals surface area contributed by atoms with Gasteiger partial charge in [0.2, 0.25) is 5.91 Å². The van der Waals surface area contributed by atoms with Crippen LogP contribution in [0, 0.1) is 5.92 Å². The van der Waals surface area contributed by atoms with Crippen molar-refractivity contribution in [2.75, 3.05) is 13.1 Å². The molecule has 19 heavy (non-hydrogen) atoms. The first-order valence-electron chi connectivity index (χ1n) is 5.76. The lowest BCUT2D eigenvalue weighted by Crippen LogP contribution is -2.51. The number of rotatable bonds is 4. The first kappa shape index (κ1) is 13.1. The van der Waals surface area contributed by atoms with Crippen LogP contribution in [-0.2, 0) is 16.0 Å². The van der Waals surface area contributed by atoms with Gasteiger partial charge < -0.3 is 15.0 Å². The zero-order valence-electron chi connectivity index (χ0n) is 10.0. The van der Waals surface area contributed by atoms with Crippen LogP contribution in [0.5, 0.6) is 0 Å². The van der Waals surface area contributed by atoms with Crippen molar-refractivity contribution in [3.8, 4) is 0 Å². The number of H-pyrrole nitrogens is 2. The Hall–Kier alpha value is -2.38. The summed E-state index contributed by atoms with van der Waals surface area (Å²) in [6.45, 7) is 0.803. The quantitative estimate of drug-likeness (QED) is 0.615.